The third kappa shape index (κ3) is 3.77. The third-order valence-electron chi connectivity index (χ3n) is 4.69. The first kappa shape index (κ1) is 18.9. The Balaban J connectivity index is 1.72. The first-order valence-corrected chi connectivity index (χ1v) is 9.37. The van der Waals surface area contributed by atoms with Crippen LogP contribution in [0, 0.1) is 12.7 Å². The zero-order valence-corrected chi connectivity index (χ0v) is 16.3. The first-order valence-electron chi connectivity index (χ1n) is 8.99. The number of rotatable bonds is 5. The largest absolute Gasteiger partial charge is 0.313 e. The number of fused-ring (bicyclic) bond motifs is 1. The number of benzene rings is 2. The van der Waals surface area contributed by atoms with Gasteiger partial charge in [-0.1, -0.05) is 17.7 Å². The van der Waals surface area contributed by atoms with Gasteiger partial charge in [-0.3, -0.25) is 10.2 Å². The van der Waals surface area contributed by atoms with Crippen molar-refractivity contribution >= 4 is 34.8 Å². The molecule has 0 radical (unpaired) electrons. The average molecular weight is 406 g/mol. The van der Waals surface area contributed by atoms with Crippen LogP contribution in [-0.4, -0.2) is 16.4 Å². The minimum atomic E-state index is -0.376. The number of ketones is 1. The van der Waals surface area contributed by atoms with Gasteiger partial charge in [-0.2, -0.15) is 5.10 Å². The fourth-order valence-corrected chi connectivity index (χ4v) is 3.36. The maximum absolute atomic E-state index is 13.2. The zero-order valence-electron chi connectivity index (χ0n) is 15.6. The highest BCUT2D eigenvalue weighted by Crippen LogP contribution is 2.24. The van der Waals surface area contributed by atoms with Gasteiger partial charge in [0, 0.05) is 22.3 Å². The Morgan fingerprint density at radius 3 is 2.52 bits per heavy atom. The monoisotopic (exact) mass is 405 g/mol. The van der Waals surface area contributed by atoms with Crippen molar-refractivity contribution in [1.29, 1.82) is 0 Å². The molecule has 0 unspecified atom stereocenters. The summed E-state index contributed by atoms with van der Waals surface area (Å²) in [7, 11) is 0. The van der Waals surface area contributed by atoms with E-state index in [9.17, 15) is 9.18 Å². The van der Waals surface area contributed by atoms with Crippen LogP contribution in [0.1, 0.15) is 27.2 Å². The molecule has 0 amide bonds. The summed E-state index contributed by atoms with van der Waals surface area (Å²) in [4.78, 5) is 13.1. The number of aromatic nitrogens is 1. The molecule has 2 aromatic heterocycles. The molecule has 0 bridgehead atoms. The second-order valence-electron chi connectivity index (χ2n) is 6.56. The molecule has 144 valence electrons. The van der Waals surface area contributed by atoms with Gasteiger partial charge in [0.05, 0.1) is 23.1 Å². The van der Waals surface area contributed by atoms with Crippen LogP contribution in [0.3, 0.4) is 0 Å². The number of anilines is 1. The number of hydrazone groups is 1. The summed E-state index contributed by atoms with van der Waals surface area (Å²) in [6.45, 7) is 1.88. The molecule has 0 saturated heterocycles. The Hall–Kier alpha value is -3.44. The quantitative estimate of drug-likeness (QED) is 0.262. The molecule has 0 spiro atoms. The van der Waals surface area contributed by atoms with Crippen LogP contribution in [0.2, 0.25) is 5.02 Å². The summed E-state index contributed by atoms with van der Waals surface area (Å²) in [5.74, 6) is -0.548. The molecule has 6 heteroatoms. The number of halogens is 2. The van der Waals surface area contributed by atoms with E-state index >= 15 is 0 Å². The van der Waals surface area contributed by atoms with E-state index in [0.717, 1.165) is 22.3 Å². The lowest BCUT2D eigenvalue weighted by molar-refractivity contribution is 0.103. The molecule has 0 saturated carbocycles. The summed E-state index contributed by atoms with van der Waals surface area (Å²) in [6, 6.07) is 18.5. The lowest BCUT2D eigenvalue weighted by atomic mass is 10.0. The van der Waals surface area contributed by atoms with Crippen LogP contribution in [-0.2, 0) is 0 Å². The Morgan fingerprint density at radius 1 is 1.07 bits per heavy atom. The smallest absolute Gasteiger partial charge is 0.210 e. The van der Waals surface area contributed by atoms with Crippen molar-refractivity contribution in [2.45, 2.75) is 6.92 Å². The van der Waals surface area contributed by atoms with Crippen molar-refractivity contribution in [3.63, 3.8) is 0 Å². The van der Waals surface area contributed by atoms with Crippen molar-refractivity contribution in [3.05, 3.63) is 106 Å². The molecule has 4 rings (SSSR count). The van der Waals surface area contributed by atoms with Crippen LogP contribution in [0.15, 0.2) is 78.0 Å². The topological polar surface area (TPSA) is 45.9 Å². The third-order valence-corrected chi connectivity index (χ3v) is 4.94. The van der Waals surface area contributed by atoms with E-state index in [1.807, 2.05) is 47.9 Å². The minimum absolute atomic E-state index is 0.172. The SMILES string of the molecule is Cc1c(/C=N\Nc2ccc(Cl)cc2)c2ccccn2c1C(=O)c1ccc(F)cc1. The van der Waals surface area contributed by atoms with E-state index < -0.39 is 0 Å². The molecule has 0 aliphatic carbocycles. The Bertz CT molecular complexity index is 1210. The van der Waals surface area contributed by atoms with E-state index in [1.165, 1.54) is 24.3 Å². The Morgan fingerprint density at radius 2 is 1.79 bits per heavy atom. The van der Waals surface area contributed by atoms with E-state index in [1.54, 1.807) is 18.3 Å². The van der Waals surface area contributed by atoms with Gasteiger partial charge in [-0.25, -0.2) is 4.39 Å². The minimum Gasteiger partial charge on any atom is -0.313 e. The summed E-state index contributed by atoms with van der Waals surface area (Å²) in [6.07, 6.45) is 3.53. The zero-order chi connectivity index (χ0) is 20.4. The molecule has 4 aromatic rings. The van der Waals surface area contributed by atoms with Crippen molar-refractivity contribution in [2.75, 3.05) is 5.43 Å². The van der Waals surface area contributed by atoms with Crippen molar-refractivity contribution in [3.8, 4) is 0 Å². The lowest BCUT2D eigenvalue weighted by Crippen LogP contribution is -2.07. The number of hydrogen-bond donors (Lipinski definition) is 1. The van der Waals surface area contributed by atoms with Gasteiger partial charge >= 0.3 is 0 Å². The Kier molecular flexibility index (Phi) is 5.14. The standard InChI is InChI=1S/C23H17ClFN3O/c1-15-20(14-26-27-19-11-7-17(24)8-12-19)21-4-2-3-13-28(21)22(15)23(29)16-5-9-18(25)10-6-16/h2-14,27H,1H3/b26-14-. The summed E-state index contributed by atoms with van der Waals surface area (Å²) >= 11 is 5.90. The second-order valence-corrected chi connectivity index (χ2v) is 6.99. The summed E-state index contributed by atoms with van der Waals surface area (Å²) < 4.78 is 15.1. The van der Waals surface area contributed by atoms with Crippen molar-refractivity contribution in [2.24, 2.45) is 5.10 Å². The second kappa shape index (κ2) is 7.89. The maximum atomic E-state index is 13.2. The Labute approximate surface area is 172 Å². The van der Waals surface area contributed by atoms with Gasteiger partial charge in [0.15, 0.2) is 0 Å². The lowest BCUT2D eigenvalue weighted by Gasteiger charge is -2.04. The number of nitrogens with one attached hydrogen (secondary N) is 1. The van der Waals surface area contributed by atoms with Gasteiger partial charge in [-0.15, -0.1) is 0 Å². The summed E-state index contributed by atoms with van der Waals surface area (Å²) in [5.41, 5.74) is 7.21. The highest BCUT2D eigenvalue weighted by molar-refractivity contribution is 6.30. The maximum Gasteiger partial charge on any atom is 0.210 e. The molecule has 0 aliphatic heterocycles. The molecular formula is C23H17ClFN3O. The number of nitrogens with zero attached hydrogens (tertiary/aromatic N) is 2. The molecule has 2 aromatic carbocycles. The van der Waals surface area contributed by atoms with Crippen molar-refractivity contribution in [1.82, 2.24) is 4.40 Å². The number of carbonyl (C=O) groups is 1. The van der Waals surface area contributed by atoms with Crippen LogP contribution in [0.25, 0.3) is 5.52 Å². The number of carbonyl (C=O) groups excluding carboxylic acids is 1. The molecule has 29 heavy (non-hydrogen) atoms. The predicted molar refractivity (Wildman–Crippen MR) is 115 cm³/mol. The highest BCUT2D eigenvalue weighted by Gasteiger charge is 2.20. The van der Waals surface area contributed by atoms with Crippen molar-refractivity contribution < 1.29 is 9.18 Å². The molecule has 0 aliphatic rings. The van der Waals surface area contributed by atoms with Crippen LogP contribution < -0.4 is 5.43 Å². The fraction of sp³-hybridized carbons (Fsp3) is 0.0435. The number of hydrogen-bond acceptors (Lipinski definition) is 3. The van der Waals surface area contributed by atoms with Crippen LogP contribution in [0.5, 0.6) is 0 Å². The van der Waals surface area contributed by atoms with Crippen LogP contribution >= 0.6 is 11.6 Å². The average Bonchev–Trinajstić information content (AvgIpc) is 3.01. The first-order chi connectivity index (χ1) is 14.0. The fourth-order valence-electron chi connectivity index (χ4n) is 3.23. The van der Waals surface area contributed by atoms with E-state index in [-0.39, 0.29) is 11.6 Å². The molecule has 0 fully saturated rings. The van der Waals surface area contributed by atoms with Gasteiger partial charge < -0.3 is 4.40 Å². The number of pyridine rings is 1. The molecular weight excluding hydrogens is 389 g/mol. The van der Waals surface area contributed by atoms with Gasteiger partial charge in [0.2, 0.25) is 5.78 Å². The normalized spacial score (nSPS) is 11.3. The molecule has 4 nitrogen and oxygen atoms in total. The van der Waals surface area contributed by atoms with Gasteiger partial charge in [0.25, 0.3) is 0 Å². The molecule has 1 N–H and O–H groups in total. The van der Waals surface area contributed by atoms with E-state index in [4.69, 9.17) is 11.6 Å². The van der Waals surface area contributed by atoms with Gasteiger partial charge in [0.1, 0.15) is 5.82 Å². The highest BCUT2D eigenvalue weighted by atomic mass is 35.5. The molecule has 2 heterocycles. The van der Waals surface area contributed by atoms with Gasteiger partial charge in [-0.05, 0) is 73.2 Å². The van der Waals surface area contributed by atoms with E-state index in [2.05, 4.69) is 10.5 Å². The van der Waals surface area contributed by atoms with E-state index in [0.29, 0.717) is 16.3 Å². The molecule has 0 atom stereocenters. The summed E-state index contributed by atoms with van der Waals surface area (Å²) in [5, 5.41) is 4.97. The predicted octanol–water partition coefficient (Wildman–Crippen LogP) is 5.72. The van der Waals surface area contributed by atoms with Crippen LogP contribution in [0.4, 0.5) is 10.1 Å².